The molecular formula is C16H16N2O4S. The predicted octanol–water partition coefficient (Wildman–Crippen LogP) is 1.80. The summed E-state index contributed by atoms with van der Waals surface area (Å²) in [7, 11) is -3.68. The third-order valence-electron chi connectivity index (χ3n) is 3.44. The first-order chi connectivity index (χ1) is 10.9. The fraction of sp³-hybridized carbons (Fsp3) is 0.188. The van der Waals surface area contributed by atoms with Crippen LogP contribution >= 0.6 is 0 Å². The molecule has 0 saturated heterocycles. The average molecular weight is 332 g/mol. The summed E-state index contributed by atoms with van der Waals surface area (Å²) in [6.07, 6.45) is 0. The van der Waals surface area contributed by atoms with Crippen molar-refractivity contribution in [2.45, 2.75) is 18.4 Å². The lowest BCUT2D eigenvalue weighted by Gasteiger charge is -2.18. The summed E-state index contributed by atoms with van der Waals surface area (Å²) < 4.78 is 32.6. The number of carbonyl (C=O) groups is 1. The van der Waals surface area contributed by atoms with Crippen molar-refractivity contribution >= 4 is 21.6 Å². The maximum Gasteiger partial charge on any atom is 0.262 e. The molecule has 7 heteroatoms. The molecule has 0 spiro atoms. The molecular weight excluding hydrogens is 316 g/mol. The molecule has 0 atom stereocenters. The number of hydrogen-bond donors (Lipinski definition) is 2. The summed E-state index contributed by atoms with van der Waals surface area (Å²) in [5.41, 5.74) is 2.30. The smallest absolute Gasteiger partial charge is 0.262 e. The van der Waals surface area contributed by atoms with Crippen molar-refractivity contribution in [1.82, 2.24) is 4.72 Å². The number of anilines is 1. The Kier molecular flexibility index (Phi) is 4.06. The Hall–Kier alpha value is -2.38. The van der Waals surface area contributed by atoms with Gasteiger partial charge in [-0.15, -0.1) is 0 Å². The highest BCUT2D eigenvalue weighted by Crippen LogP contribution is 2.30. The van der Waals surface area contributed by atoms with Gasteiger partial charge in [-0.2, -0.15) is 0 Å². The van der Waals surface area contributed by atoms with Crippen LogP contribution in [0.3, 0.4) is 0 Å². The molecule has 1 aliphatic rings. The highest BCUT2D eigenvalue weighted by atomic mass is 32.2. The zero-order valence-electron chi connectivity index (χ0n) is 12.5. The quantitative estimate of drug-likeness (QED) is 0.894. The average Bonchev–Trinajstić information content (AvgIpc) is 2.52. The minimum atomic E-state index is -3.68. The maximum absolute atomic E-state index is 12.4. The van der Waals surface area contributed by atoms with Crippen LogP contribution in [-0.4, -0.2) is 20.9 Å². The van der Waals surface area contributed by atoms with Crippen molar-refractivity contribution in [2.75, 3.05) is 11.9 Å². The van der Waals surface area contributed by atoms with Gasteiger partial charge in [0.15, 0.2) is 6.61 Å². The summed E-state index contributed by atoms with van der Waals surface area (Å²) in [4.78, 5) is 11.4. The molecule has 2 aromatic carbocycles. The minimum Gasteiger partial charge on any atom is -0.482 e. The third kappa shape index (κ3) is 3.52. The maximum atomic E-state index is 12.4. The van der Waals surface area contributed by atoms with E-state index in [-0.39, 0.29) is 24.0 Å². The van der Waals surface area contributed by atoms with Gasteiger partial charge in [0.1, 0.15) is 5.75 Å². The monoisotopic (exact) mass is 332 g/mol. The van der Waals surface area contributed by atoms with Crippen molar-refractivity contribution in [1.29, 1.82) is 0 Å². The summed E-state index contributed by atoms with van der Waals surface area (Å²) >= 11 is 0. The molecule has 0 unspecified atom stereocenters. The van der Waals surface area contributed by atoms with E-state index >= 15 is 0 Å². The fourth-order valence-corrected chi connectivity index (χ4v) is 3.36. The number of sulfonamides is 1. The van der Waals surface area contributed by atoms with Gasteiger partial charge in [0.05, 0.1) is 10.6 Å². The molecule has 6 nitrogen and oxygen atoms in total. The summed E-state index contributed by atoms with van der Waals surface area (Å²) in [5, 5.41) is 2.60. The molecule has 3 rings (SSSR count). The Morgan fingerprint density at radius 2 is 2.04 bits per heavy atom. The number of benzene rings is 2. The molecule has 23 heavy (non-hydrogen) atoms. The Bertz CT molecular complexity index is 862. The summed E-state index contributed by atoms with van der Waals surface area (Å²) in [6.45, 7) is 2.08. The summed E-state index contributed by atoms with van der Waals surface area (Å²) in [5.74, 6) is 0.155. The fourth-order valence-electron chi connectivity index (χ4n) is 2.31. The second-order valence-electron chi connectivity index (χ2n) is 5.31. The molecule has 1 aliphatic heterocycles. The zero-order chi connectivity index (χ0) is 16.4. The molecule has 0 bridgehead atoms. The molecule has 0 saturated carbocycles. The van der Waals surface area contributed by atoms with Crippen LogP contribution in [0.5, 0.6) is 5.75 Å². The van der Waals surface area contributed by atoms with Gasteiger partial charge >= 0.3 is 0 Å². The van der Waals surface area contributed by atoms with Gasteiger partial charge in [-0.3, -0.25) is 4.79 Å². The molecule has 2 aromatic rings. The van der Waals surface area contributed by atoms with Gasteiger partial charge in [-0.05, 0) is 30.7 Å². The standard InChI is InChI=1S/C16H16N2O4S/c1-11-3-2-4-12(7-11)9-17-23(20,21)13-5-6-15-14(8-13)18-16(19)10-22-15/h2-8,17H,9-10H2,1H3,(H,18,19). The van der Waals surface area contributed by atoms with Crippen LogP contribution in [0.4, 0.5) is 5.69 Å². The van der Waals surface area contributed by atoms with Crippen LogP contribution in [0.2, 0.25) is 0 Å². The van der Waals surface area contributed by atoms with E-state index in [0.717, 1.165) is 11.1 Å². The molecule has 1 amide bonds. The normalized spacial score (nSPS) is 13.9. The molecule has 120 valence electrons. The van der Waals surface area contributed by atoms with E-state index in [0.29, 0.717) is 11.4 Å². The second kappa shape index (κ2) is 6.02. The zero-order valence-corrected chi connectivity index (χ0v) is 13.3. The van der Waals surface area contributed by atoms with E-state index in [1.165, 1.54) is 18.2 Å². The van der Waals surface area contributed by atoms with E-state index in [1.807, 2.05) is 31.2 Å². The number of fused-ring (bicyclic) bond motifs is 1. The second-order valence-corrected chi connectivity index (χ2v) is 7.08. The molecule has 2 N–H and O–H groups in total. The third-order valence-corrected chi connectivity index (χ3v) is 4.84. The van der Waals surface area contributed by atoms with E-state index < -0.39 is 10.0 Å². The number of hydrogen-bond acceptors (Lipinski definition) is 4. The minimum absolute atomic E-state index is 0.0648. The van der Waals surface area contributed by atoms with Gasteiger partial charge in [0, 0.05) is 6.54 Å². The number of nitrogens with one attached hydrogen (secondary N) is 2. The lowest BCUT2D eigenvalue weighted by molar-refractivity contribution is -0.118. The van der Waals surface area contributed by atoms with Crippen LogP contribution < -0.4 is 14.8 Å². The Morgan fingerprint density at radius 3 is 2.83 bits per heavy atom. The Balaban J connectivity index is 1.80. The first-order valence-corrected chi connectivity index (χ1v) is 8.54. The first kappa shape index (κ1) is 15.5. The predicted molar refractivity (Wildman–Crippen MR) is 85.8 cm³/mol. The van der Waals surface area contributed by atoms with Crippen molar-refractivity contribution in [3.8, 4) is 5.75 Å². The highest BCUT2D eigenvalue weighted by molar-refractivity contribution is 7.89. The van der Waals surface area contributed by atoms with Crippen LogP contribution in [0.15, 0.2) is 47.4 Å². The topological polar surface area (TPSA) is 84.5 Å². The molecule has 1 heterocycles. The summed E-state index contributed by atoms with van der Waals surface area (Å²) in [6, 6.07) is 12.0. The van der Waals surface area contributed by atoms with Crippen LogP contribution in [0.25, 0.3) is 0 Å². The lowest BCUT2D eigenvalue weighted by Crippen LogP contribution is -2.27. The number of amides is 1. The van der Waals surface area contributed by atoms with Crippen molar-refractivity contribution in [3.05, 3.63) is 53.6 Å². The van der Waals surface area contributed by atoms with Crippen molar-refractivity contribution in [2.24, 2.45) is 0 Å². The largest absolute Gasteiger partial charge is 0.482 e. The first-order valence-electron chi connectivity index (χ1n) is 7.06. The van der Waals surface area contributed by atoms with E-state index in [2.05, 4.69) is 10.0 Å². The van der Waals surface area contributed by atoms with Crippen molar-refractivity contribution < 1.29 is 17.9 Å². The van der Waals surface area contributed by atoms with Crippen LogP contribution in [0, 0.1) is 6.92 Å². The van der Waals surface area contributed by atoms with Gasteiger partial charge < -0.3 is 10.1 Å². The molecule has 0 aliphatic carbocycles. The van der Waals surface area contributed by atoms with E-state index in [1.54, 1.807) is 0 Å². The number of aryl methyl sites for hydroxylation is 1. The van der Waals surface area contributed by atoms with Crippen LogP contribution in [0.1, 0.15) is 11.1 Å². The highest BCUT2D eigenvalue weighted by Gasteiger charge is 2.20. The lowest BCUT2D eigenvalue weighted by atomic mass is 10.1. The van der Waals surface area contributed by atoms with Gasteiger partial charge in [-0.1, -0.05) is 29.8 Å². The molecule has 0 aromatic heterocycles. The SMILES string of the molecule is Cc1cccc(CNS(=O)(=O)c2ccc3c(c2)NC(=O)CO3)c1. The number of carbonyl (C=O) groups excluding carboxylic acids is 1. The van der Waals surface area contributed by atoms with E-state index in [4.69, 9.17) is 4.74 Å². The Morgan fingerprint density at radius 1 is 1.22 bits per heavy atom. The van der Waals surface area contributed by atoms with Gasteiger partial charge in [0.25, 0.3) is 5.91 Å². The van der Waals surface area contributed by atoms with E-state index in [9.17, 15) is 13.2 Å². The van der Waals surface area contributed by atoms with Gasteiger partial charge in [-0.25, -0.2) is 13.1 Å². The molecule has 0 radical (unpaired) electrons. The van der Waals surface area contributed by atoms with Crippen molar-refractivity contribution in [3.63, 3.8) is 0 Å². The Labute approximate surface area is 134 Å². The number of rotatable bonds is 4. The van der Waals surface area contributed by atoms with Crippen LogP contribution in [-0.2, 0) is 21.4 Å². The molecule has 0 fully saturated rings. The number of ether oxygens (including phenoxy) is 1. The van der Waals surface area contributed by atoms with Gasteiger partial charge in [0.2, 0.25) is 10.0 Å².